The standard InChI is InChI=1S/C23H17Cl2F3N2OS2/c1-13(2)33(31)16-5-3-4-14(10-16)20-8-9-21(32-20)19-12-22(23(26,27)28)29-30(19)18-11-15(24)6-7-17(18)25/h3-13H,1-2H3. The zero-order chi connectivity index (χ0) is 23.9. The Morgan fingerprint density at radius 2 is 1.73 bits per heavy atom. The Balaban J connectivity index is 1.81. The van der Waals surface area contributed by atoms with E-state index >= 15 is 0 Å². The first-order valence-electron chi connectivity index (χ1n) is 9.78. The van der Waals surface area contributed by atoms with Crippen LogP contribution in [0.2, 0.25) is 10.0 Å². The van der Waals surface area contributed by atoms with Gasteiger partial charge in [-0.15, -0.1) is 11.3 Å². The van der Waals surface area contributed by atoms with Crippen molar-refractivity contribution in [1.82, 2.24) is 9.78 Å². The molecule has 2 heterocycles. The van der Waals surface area contributed by atoms with Crippen LogP contribution in [-0.4, -0.2) is 19.6 Å². The van der Waals surface area contributed by atoms with Crippen molar-refractivity contribution in [1.29, 1.82) is 0 Å². The van der Waals surface area contributed by atoms with Crippen molar-refractivity contribution in [2.75, 3.05) is 0 Å². The Morgan fingerprint density at radius 1 is 1.00 bits per heavy atom. The van der Waals surface area contributed by atoms with E-state index in [1.807, 2.05) is 38.1 Å². The lowest BCUT2D eigenvalue weighted by molar-refractivity contribution is -0.141. The minimum Gasteiger partial charge on any atom is -0.611 e. The van der Waals surface area contributed by atoms with Crippen LogP contribution < -0.4 is 0 Å². The maximum absolute atomic E-state index is 13.5. The SMILES string of the molecule is CC(C)[S+]([O-])c1cccc(-c2ccc(-c3cc(C(F)(F)F)nn3-c3cc(Cl)ccc3Cl)s2)c1. The molecule has 0 N–H and O–H groups in total. The van der Waals surface area contributed by atoms with Crippen LogP contribution in [-0.2, 0) is 17.4 Å². The van der Waals surface area contributed by atoms with E-state index in [2.05, 4.69) is 5.10 Å². The van der Waals surface area contributed by atoms with Gasteiger partial charge in [0.05, 0.1) is 21.3 Å². The number of thiophene rings is 1. The molecule has 0 fully saturated rings. The Kier molecular flexibility index (Phi) is 6.85. The van der Waals surface area contributed by atoms with E-state index < -0.39 is 23.0 Å². The minimum absolute atomic E-state index is 0.0308. The third-order valence-corrected chi connectivity index (χ3v) is 8.06. The normalized spacial score (nSPS) is 13.0. The van der Waals surface area contributed by atoms with Crippen LogP contribution >= 0.6 is 34.5 Å². The van der Waals surface area contributed by atoms with Crippen molar-refractivity contribution in [3.05, 3.63) is 76.4 Å². The molecule has 1 unspecified atom stereocenters. The Labute approximate surface area is 206 Å². The van der Waals surface area contributed by atoms with Crippen LogP contribution in [0.3, 0.4) is 0 Å². The summed E-state index contributed by atoms with van der Waals surface area (Å²) in [5.74, 6) is 0. The second kappa shape index (κ2) is 9.35. The van der Waals surface area contributed by atoms with Gasteiger partial charge < -0.3 is 4.55 Å². The summed E-state index contributed by atoms with van der Waals surface area (Å²) in [6.45, 7) is 3.76. The molecule has 4 aromatic rings. The summed E-state index contributed by atoms with van der Waals surface area (Å²) >= 11 is 12.5. The van der Waals surface area contributed by atoms with E-state index in [9.17, 15) is 17.7 Å². The minimum atomic E-state index is -4.62. The maximum atomic E-state index is 13.5. The van der Waals surface area contributed by atoms with Gasteiger partial charge in [0, 0.05) is 16.0 Å². The fourth-order valence-corrected chi connectivity index (χ4v) is 5.57. The van der Waals surface area contributed by atoms with E-state index in [1.54, 1.807) is 18.2 Å². The number of nitrogens with zero attached hydrogens (tertiary/aromatic N) is 2. The molecule has 2 aromatic heterocycles. The Morgan fingerprint density at radius 3 is 2.42 bits per heavy atom. The van der Waals surface area contributed by atoms with Crippen molar-refractivity contribution in [2.45, 2.75) is 30.2 Å². The second-order valence-electron chi connectivity index (χ2n) is 7.46. The van der Waals surface area contributed by atoms with E-state index in [-0.39, 0.29) is 21.7 Å². The lowest BCUT2D eigenvalue weighted by Gasteiger charge is -2.14. The van der Waals surface area contributed by atoms with E-state index in [1.165, 1.54) is 23.5 Å². The molecule has 10 heteroatoms. The van der Waals surface area contributed by atoms with Gasteiger partial charge in [-0.05, 0) is 73.1 Å². The second-order valence-corrected chi connectivity index (χ2v) is 11.4. The van der Waals surface area contributed by atoms with Crippen LogP contribution in [0.4, 0.5) is 13.2 Å². The van der Waals surface area contributed by atoms with E-state index in [0.29, 0.717) is 14.8 Å². The number of aromatic nitrogens is 2. The van der Waals surface area contributed by atoms with Crippen LogP contribution in [0, 0.1) is 0 Å². The molecule has 172 valence electrons. The fourth-order valence-electron chi connectivity index (χ4n) is 3.20. The molecule has 0 aliphatic heterocycles. The van der Waals surface area contributed by atoms with Gasteiger partial charge in [-0.1, -0.05) is 35.3 Å². The third kappa shape index (κ3) is 5.10. The van der Waals surface area contributed by atoms with Crippen molar-refractivity contribution in [3.8, 4) is 26.7 Å². The molecule has 0 radical (unpaired) electrons. The molecule has 0 bridgehead atoms. The smallest absolute Gasteiger partial charge is 0.435 e. The van der Waals surface area contributed by atoms with Gasteiger partial charge in [0.25, 0.3) is 0 Å². The Bertz CT molecular complexity index is 1300. The molecule has 0 amide bonds. The highest BCUT2D eigenvalue weighted by Crippen LogP contribution is 2.40. The first-order chi connectivity index (χ1) is 15.5. The van der Waals surface area contributed by atoms with Crippen LogP contribution in [0.15, 0.2) is 65.6 Å². The molecule has 1 atom stereocenters. The van der Waals surface area contributed by atoms with Crippen molar-refractivity contribution in [3.63, 3.8) is 0 Å². The number of alkyl halides is 3. The summed E-state index contributed by atoms with van der Waals surface area (Å²) in [5.41, 5.74) is 0.294. The number of benzene rings is 2. The van der Waals surface area contributed by atoms with Crippen LogP contribution in [0.25, 0.3) is 26.7 Å². The van der Waals surface area contributed by atoms with Gasteiger partial charge in [-0.3, -0.25) is 0 Å². The zero-order valence-electron chi connectivity index (χ0n) is 17.4. The number of halogens is 5. The Hall–Kier alpha value is -1.97. The summed E-state index contributed by atoms with van der Waals surface area (Å²) in [6, 6.07) is 16.4. The lowest BCUT2D eigenvalue weighted by Crippen LogP contribution is -2.13. The molecule has 0 spiro atoms. The topological polar surface area (TPSA) is 40.9 Å². The van der Waals surface area contributed by atoms with E-state index in [4.69, 9.17) is 23.2 Å². The monoisotopic (exact) mass is 528 g/mol. The third-order valence-electron chi connectivity index (χ3n) is 4.77. The van der Waals surface area contributed by atoms with Crippen molar-refractivity contribution >= 4 is 45.7 Å². The van der Waals surface area contributed by atoms with Gasteiger partial charge in [-0.25, -0.2) is 4.68 Å². The number of hydrogen-bond donors (Lipinski definition) is 0. The molecule has 0 aliphatic carbocycles. The summed E-state index contributed by atoms with van der Waals surface area (Å²) < 4.78 is 54.1. The lowest BCUT2D eigenvalue weighted by atomic mass is 10.2. The molecule has 33 heavy (non-hydrogen) atoms. The van der Waals surface area contributed by atoms with E-state index in [0.717, 1.165) is 21.2 Å². The van der Waals surface area contributed by atoms with Gasteiger partial charge in [0.2, 0.25) is 0 Å². The summed E-state index contributed by atoms with van der Waals surface area (Å²) in [6.07, 6.45) is -4.62. The van der Waals surface area contributed by atoms with Gasteiger partial charge in [0.1, 0.15) is 5.25 Å². The molecular weight excluding hydrogens is 512 g/mol. The fraction of sp³-hybridized carbons (Fsp3) is 0.174. The number of hydrogen-bond acceptors (Lipinski definition) is 3. The summed E-state index contributed by atoms with van der Waals surface area (Å²) in [7, 11) is 0. The molecule has 0 saturated carbocycles. The first-order valence-corrected chi connectivity index (χ1v) is 12.6. The van der Waals surface area contributed by atoms with Crippen LogP contribution in [0.5, 0.6) is 0 Å². The molecule has 3 nitrogen and oxygen atoms in total. The quantitative estimate of drug-likeness (QED) is 0.245. The highest BCUT2D eigenvalue weighted by molar-refractivity contribution is 7.92. The first kappa shape index (κ1) is 24.2. The summed E-state index contributed by atoms with van der Waals surface area (Å²) in [5, 5.41) is 4.30. The highest BCUT2D eigenvalue weighted by Gasteiger charge is 2.35. The molecular formula is C23H17Cl2F3N2OS2. The van der Waals surface area contributed by atoms with Gasteiger partial charge >= 0.3 is 6.18 Å². The molecule has 0 aliphatic rings. The van der Waals surface area contributed by atoms with Crippen molar-refractivity contribution < 1.29 is 17.7 Å². The molecule has 4 rings (SSSR count). The summed E-state index contributed by atoms with van der Waals surface area (Å²) in [4.78, 5) is 2.10. The van der Waals surface area contributed by atoms with Gasteiger partial charge in [0.15, 0.2) is 10.6 Å². The van der Waals surface area contributed by atoms with Crippen molar-refractivity contribution in [2.24, 2.45) is 0 Å². The maximum Gasteiger partial charge on any atom is 0.435 e. The molecule has 2 aromatic carbocycles. The highest BCUT2D eigenvalue weighted by atomic mass is 35.5. The average Bonchev–Trinajstić information content (AvgIpc) is 3.42. The average molecular weight is 529 g/mol. The zero-order valence-corrected chi connectivity index (χ0v) is 20.5. The van der Waals surface area contributed by atoms with Gasteiger partial charge in [-0.2, -0.15) is 18.3 Å². The predicted octanol–water partition coefficient (Wildman–Crippen LogP) is 8.11. The predicted molar refractivity (Wildman–Crippen MR) is 129 cm³/mol. The number of rotatable bonds is 5. The molecule has 0 saturated heterocycles. The van der Waals surface area contributed by atoms with Crippen LogP contribution in [0.1, 0.15) is 19.5 Å². The largest absolute Gasteiger partial charge is 0.611 e.